The Morgan fingerprint density at radius 1 is 1.22 bits per heavy atom. The zero-order valence-corrected chi connectivity index (χ0v) is 12.5. The molecule has 0 bridgehead atoms. The van der Waals surface area contributed by atoms with Gasteiger partial charge in [-0.25, -0.2) is 0 Å². The Morgan fingerprint density at radius 3 is 2.56 bits per heavy atom. The first-order valence-corrected chi connectivity index (χ1v) is 7.65. The van der Waals surface area contributed by atoms with E-state index in [1.54, 1.807) is 6.92 Å². The molecule has 18 heavy (non-hydrogen) atoms. The molecule has 1 rings (SSSR count). The molecule has 0 spiro atoms. The van der Waals surface area contributed by atoms with Gasteiger partial charge in [0.15, 0.2) is 5.78 Å². The number of nitrogens with one attached hydrogen (secondary N) is 1. The third-order valence-electron chi connectivity index (χ3n) is 3.03. The molecule has 1 heterocycles. The number of nitrogens with zero attached hydrogens (tertiary/aromatic N) is 1. The number of hydrogen-bond acceptors (Lipinski definition) is 4. The van der Waals surface area contributed by atoms with E-state index in [9.17, 15) is 4.79 Å². The lowest BCUT2D eigenvalue weighted by molar-refractivity contribution is 0.101. The van der Waals surface area contributed by atoms with Crippen molar-refractivity contribution in [2.75, 3.05) is 11.9 Å². The summed E-state index contributed by atoms with van der Waals surface area (Å²) in [4.78, 5) is 11.5. The summed E-state index contributed by atoms with van der Waals surface area (Å²) in [6, 6.07) is 0. The molecule has 0 fully saturated rings. The number of ketones is 1. The minimum atomic E-state index is 0.103. The molecular weight excluding hydrogens is 244 g/mol. The van der Waals surface area contributed by atoms with Crippen LogP contribution in [0, 0.1) is 6.92 Å². The second-order valence-electron chi connectivity index (χ2n) is 4.72. The standard InChI is InChI=1S/C14H24N2OS/c1-4-5-6-7-8-9-10-15-14-13(12(3)17)11(2)16-18-14/h15H,4-10H2,1-3H3. The normalized spacial score (nSPS) is 10.6. The van der Waals surface area contributed by atoms with E-state index < -0.39 is 0 Å². The Balaban J connectivity index is 2.25. The van der Waals surface area contributed by atoms with Gasteiger partial charge >= 0.3 is 0 Å². The molecule has 0 saturated heterocycles. The third kappa shape index (κ3) is 4.77. The Morgan fingerprint density at radius 2 is 1.89 bits per heavy atom. The van der Waals surface area contributed by atoms with Crippen LogP contribution < -0.4 is 5.32 Å². The number of hydrogen-bond donors (Lipinski definition) is 1. The van der Waals surface area contributed by atoms with Crippen molar-refractivity contribution in [1.29, 1.82) is 0 Å². The number of aromatic nitrogens is 1. The van der Waals surface area contributed by atoms with Gasteiger partial charge in [-0.15, -0.1) is 0 Å². The maximum Gasteiger partial charge on any atom is 0.164 e. The predicted octanol–water partition coefficient (Wildman–Crippen LogP) is 4.43. The number of carbonyl (C=O) groups excluding carboxylic acids is 1. The summed E-state index contributed by atoms with van der Waals surface area (Å²) < 4.78 is 4.24. The smallest absolute Gasteiger partial charge is 0.164 e. The van der Waals surface area contributed by atoms with Crippen LogP contribution in [-0.4, -0.2) is 16.7 Å². The van der Waals surface area contributed by atoms with Crippen LogP contribution in [0.1, 0.15) is 68.4 Å². The van der Waals surface area contributed by atoms with Gasteiger partial charge in [-0.1, -0.05) is 39.0 Å². The summed E-state index contributed by atoms with van der Waals surface area (Å²) in [5, 5.41) is 4.28. The van der Waals surface area contributed by atoms with Crippen LogP contribution in [0.3, 0.4) is 0 Å². The van der Waals surface area contributed by atoms with Crippen molar-refractivity contribution in [3.8, 4) is 0 Å². The van der Waals surface area contributed by atoms with Crippen molar-refractivity contribution >= 4 is 22.3 Å². The van der Waals surface area contributed by atoms with Gasteiger partial charge in [0.05, 0.1) is 11.3 Å². The van der Waals surface area contributed by atoms with E-state index in [1.165, 1.54) is 43.6 Å². The molecule has 1 N–H and O–H groups in total. The minimum absolute atomic E-state index is 0.103. The van der Waals surface area contributed by atoms with Crippen molar-refractivity contribution in [1.82, 2.24) is 4.37 Å². The third-order valence-corrected chi connectivity index (χ3v) is 3.93. The molecule has 0 atom stereocenters. The number of aryl methyl sites for hydroxylation is 1. The van der Waals surface area contributed by atoms with Gasteiger partial charge in [0, 0.05) is 6.54 Å². The zero-order chi connectivity index (χ0) is 13.4. The molecule has 1 aromatic rings. The molecule has 0 aliphatic carbocycles. The van der Waals surface area contributed by atoms with Gasteiger partial charge in [0.1, 0.15) is 5.00 Å². The van der Waals surface area contributed by atoms with Crippen molar-refractivity contribution in [2.24, 2.45) is 0 Å². The monoisotopic (exact) mass is 268 g/mol. The van der Waals surface area contributed by atoms with Crippen LogP contribution in [0.5, 0.6) is 0 Å². The second kappa shape index (κ2) is 8.25. The van der Waals surface area contributed by atoms with Crippen LogP contribution in [0.4, 0.5) is 5.00 Å². The van der Waals surface area contributed by atoms with E-state index in [2.05, 4.69) is 16.6 Å². The highest BCUT2D eigenvalue weighted by molar-refractivity contribution is 7.10. The fraction of sp³-hybridized carbons (Fsp3) is 0.714. The summed E-state index contributed by atoms with van der Waals surface area (Å²) in [5.74, 6) is 0.103. The fourth-order valence-corrected chi connectivity index (χ4v) is 2.88. The van der Waals surface area contributed by atoms with E-state index in [-0.39, 0.29) is 5.78 Å². The van der Waals surface area contributed by atoms with E-state index >= 15 is 0 Å². The molecule has 0 unspecified atom stereocenters. The SMILES string of the molecule is CCCCCCCCNc1snc(C)c1C(C)=O. The van der Waals surface area contributed by atoms with Gasteiger partial charge in [0.25, 0.3) is 0 Å². The molecule has 0 aromatic carbocycles. The van der Waals surface area contributed by atoms with Crippen molar-refractivity contribution in [3.63, 3.8) is 0 Å². The van der Waals surface area contributed by atoms with Crippen molar-refractivity contribution < 1.29 is 4.79 Å². The highest BCUT2D eigenvalue weighted by Crippen LogP contribution is 2.24. The lowest BCUT2D eigenvalue weighted by Crippen LogP contribution is -2.04. The Labute approximate surface area is 114 Å². The van der Waals surface area contributed by atoms with Crippen LogP contribution in [0.2, 0.25) is 0 Å². The Hall–Kier alpha value is -0.900. The van der Waals surface area contributed by atoms with Crippen LogP contribution in [0.25, 0.3) is 0 Å². The number of unbranched alkanes of at least 4 members (excludes halogenated alkanes) is 5. The highest BCUT2D eigenvalue weighted by Gasteiger charge is 2.13. The summed E-state index contributed by atoms with van der Waals surface area (Å²) in [6.07, 6.45) is 7.72. The number of carbonyl (C=O) groups is 1. The van der Waals surface area contributed by atoms with Crippen molar-refractivity contribution in [3.05, 3.63) is 11.3 Å². The first-order valence-electron chi connectivity index (χ1n) is 6.88. The average molecular weight is 268 g/mol. The van der Waals surface area contributed by atoms with Gasteiger partial charge in [-0.2, -0.15) is 4.37 Å². The van der Waals surface area contributed by atoms with Crippen molar-refractivity contribution in [2.45, 2.75) is 59.3 Å². The van der Waals surface area contributed by atoms with Crippen LogP contribution in [0.15, 0.2) is 0 Å². The summed E-state index contributed by atoms with van der Waals surface area (Å²) in [5.41, 5.74) is 1.61. The van der Waals surface area contributed by atoms with E-state index in [4.69, 9.17) is 0 Å². The average Bonchev–Trinajstić information content (AvgIpc) is 2.69. The topological polar surface area (TPSA) is 42.0 Å². The molecule has 0 aliphatic heterocycles. The molecular formula is C14H24N2OS. The van der Waals surface area contributed by atoms with E-state index in [0.717, 1.165) is 29.2 Å². The Bertz CT molecular complexity index is 374. The second-order valence-corrected chi connectivity index (χ2v) is 5.50. The minimum Gasteiger partial charge on any atom is -0.375 e. The highest BCUT2D eigenvalue weighted by atomic mass is 32.1. The Kier molecular flexibility index (Phi) is 6.94. The maximum absolute atomic E-state index is 11.5. The quantitative estimate of drug-likeness (QED) is 0.532. The zero-order valence-electron chi connectivity index (χ0n) is 11.7. The molecule has 3 nitrogen and oxygen atoms in total. The van der Waals surface area contributed by atoms with Crippen LogP contribution in [-0.2, 0) is 0 Å². The molecule has 0 radical (unpaired) electrons. The first kappa shape index (κ1) is 15.2. The summed E-state index contributed by atoms with van der Waals surface area (Å²) in [6.45, 7) is 6.67. The van der Waals surface area contributed by atoms with E-state index in [1.807, 2.05) is 6.92 Å². The molecule has 4 heteroatoms. The molecule has 0 amide bonds. The van der Waals surface area contributed by atoms with Crippen LogP contribution >= 0.6 is 11.5 Å². The number of rotatable bonds is 9. The van der Waals surface area contributed by atoms with Gasteiger partial charge in [-0.3, -0.25) is 4.79 Å². The lowest BCUT2D eigenvalue weighted by Gasteiger charge is -2.05. The molecule has 0 saturated carbocycles. The van der Waals surface area contributed by atoms with Gasteiger partial charge < -0.3 is 5.32 Å². The number of anilines is 1. The predicted molar refractivity (Wildman–Crippen MR) is 78.7 cm³/mol. The number of Topliss-reactive ketones (excluding diaryl/α,β-unsaturated/α-hetero) is 1. The molecule has 0 aliphatic rings. The largest absolute Gasteiger partial charge is 0.375 e. The van der Waals surface area contributed by atoms with E-state index in [0.29, 0.717) is 0 Å². The van der Waals surface area contributed by atoms with Gasteiger partial charge in [0.2, 0.25) is 0 Å². The fourth-order valence-electron chi connectivity index (χ4n) is 2.01. The summed E-state index contributed by atoms with van der Waals surface area (Å²) in [7, 11) is 0. The van der Waals surface area contributed by atoms with Gasteiger partial charge in [-0.05, 0) is 31.8 Å². The first-order chi connectivity index (χ1) is 8.66. The molecule has 1 aromatic heterocycles. The summed E-state index contributed by atoms with van der Waals surface area (Å²) >= 11 is 1.39. The lowest BCUT2D eigenvalue weighted by atomic mass is 10.1. The maximum atomic E-state index is 11.5. The molecule has 102 valence electrons.